The van der Waals surface area contributed by atoms with Gasteiger partial charge in [-0.2, -0.15) is 0 Å². The summed E-state index contributed by atoms with van der Waals surface area (Å²) in [6.07, 6.45) is 4.24. The molecule has 0 radical (unpaired) electrons. The van der Waals surface area contributed by atoms with E-state index in [1.165, 1.54) is 5.56 Å². The molecule has 1 aliphatic heterocycles. The number of aromatic nitrogens is 1. The lowest BCUT2D eigenvalue weighted by atomic mass is 10.1. The molecule has 0 saturated carbocycles. The Morgan fingerprint density at radius 2 is 2.18 bits per heavy atom. The number of allylic oxidation sites excluding steroid dienone is 1. The number of nitrogens with one attached hydrogen (secondary N) is 2. The number of guanidine groups is 1. The Kier molecular flexibility index (Phi) is 3.99. The van der Waals surface area contributed by atoms with Crippen LogP contribution in [0.1, 0.15) is 12.5 Å². The van der Waals surface area contributed by atoms with Crippen molar-refractivity contribution in [1.82, 2.24) is 15.3 Å². The van der Waals surface area contributed by atoms with Gasteiger partial charge in [0.1, 0.15) is 0 Å². The summed E-state index contributed by atoms with van der Waals surface area (Å²) in [6.45, 7) is 2.57. The van der Waals surface area contributed by atoms with E-state index in [0.717, 1.165) is 23.0 Å². The smallest absolute Gasteiger partial charge is 0.197 e. The number of hydrogen-bond acceptors (Lipinski definition) is 4. The molecule has 2 aromatic rings. The van der Waals surface area contributed by atoms with E-state index in [4.69, 9.17) is 16.6 Å². The van der Waals surface area contributed by atoms with Crippen LogP contribution in [0.4, 0.5) is 0 Å². The van der Waals surface area contributed by atoms with Crippen molar-refractivity contribution in [1.29, 1.82) is 0 Å². The molecule has 7 nitrogen and oxygen atoms in total. The first-order valence-corrected chi connectivity index (χ1v) is 7.13. The summed E-state index contributed by atoms with van der Waals surface area (Å²) in [5.74, 6) is 11.8. The number of benzene rings is 1. The lowest BCUT2D eigenvalue weighted by molar-refractivity contribution is 0.0735. The maximum absolute atomic E-state index is 5.96. The fourth-order valence-electron chi connectivity index (χ4n) is 2.59. The van der Waals surface area contributed by atoms with Crippen molar-refractivity contribution >= 4 is 16.9 Å². The summed E-state index contributed by atoms with van der Waals surface area (Å²) in [4.78, 5) is 9.30. The maximum atomic E-state index is 5.96. The van der Waals surface area contributed by atoms with Gasteiger partial charge in [0.15, 0.2) is 12.2 Å². The van der Waals surface area contributed by atoms with Crippen LogP contribution in [0.15, 0.2) is 47.2 Å². The lowest BCUT2D eigenvalue weighted by Crippen LogP contribution is -2.48. The SMILES string of the molecule is CC1=CC(ON)NC(=NCCc2cn(N)c3ccccc23)N1. The standard InChI is InChI=1S/C15H20N6O/c1-10-8-14(22-17)20-15(19-10)18-7-6-11-9-21(16)13-5-3-2-4-12(11)13/h2-5,8-9,14H,6-7,16-17H2,1H3,(H2,18,19,20). The first-order valence-electron chi connectivity index (χ1n) is 7.13. The van der Waals surface area contributed by atoms with Gasteiger partial charge in [0.25, 0.3) is 0 Å². The largest absolute Gasteiger partial charge is 0.339 e. The highest BCUT2D eigenvalue weighted by Crippen LogP contribution is 2.19. The van der Waals surface area contributed by atoms with Crippen molar-refractivity contribution in [3.8, 4) is 0 Å². The van der Waals surface area contributed by atoms with Crippen LogP contribution < -0.4 is 22.4 Å². The number of para-hydroxylation sites is 1. The average molecular weight is 300 g/mol. The van der Waals surface area contributed by atoms with E-state index in [0.29, 0.717) is 12.5 Å². The second kappa shape index (κ2) is 6.08. The van der Waals surface area contributed by atoms with Crippen molar-refractivity contribution in [2.75, 3.05) is 12.4 Å². The van der Waals surface area contributed by atoms with Crippen molar-refractivity contribution < 1.29 is 4.84 Å². The number of fused-ring (bicyclic) bond motifs is 1. The molecule has 0 bridgehead atoms. The highest BCUT2D eigenvalue weighted by Gasteiger charge is 2.14. The van der Waals surface area contributed by atoms with Crippen molar-refractivity contribution in [2.45, 2.75) is 19.6 Å². The van der Waals surface area contributed by atoms with Gasteiger partial charge in [-0.15, -0.1) is 0 Å². The molecule has 1 aromatic carbocycles. The Morgan fingerprint density at radius 3 is 3.00 bits per heavy atom. The molecule has 1 aliphatic rings. The zero-order valence-corrected chi connectivity index (χ0v) is 12.4. The normalized spacial score (nSPS) is 19.8. The van der Waals surface area contributed by atoms with E-state index in [2.05, 4.69) is 21.7 Å². The van der Waals surface area contributed by atoms with Crippen LogP contribution in [0.25, 0.3) is 10.9 Å². The Bertz CT molecular complexity index is 733. The first-order chi connectivity index (χ1) is 10.7. The van der Waals surface area contributed by atoms with E-state index in [1.54, 1.807) is 4.68 Å². The fourth-order valence-corrected chi connectivity index (χ4v) is 2.59. The predicted octanol–water partition coefficient (Wildman–Crippen LogP) is 0.567. The highest BCUT2D eigenvalue weighted by molar-refractivity contribution is 5.84. The molecule has 7 heteroatoms. The average Bonchev–Trinajstić information content (AvgIpc) is 2.84. The maximum Gasteiger partial charge on any atom is 0.197 e. The topological polar surface area (TPSA) is 103 Å². The van der Waals surface area contributed by atoms with Gasteiger partial charge in [0.2, 0.25) is 0 Å². The van der Waals surface area contributed by atoms with E-state index in [-0.39, 0.29) is 6.23 Å². The van der Waals surface area contributed by atoms with E-state index < -0.39 is 0 Å². The quantitative estimate of drug-likeness (QED) is 0.488. The van der Waals surface area contributed by atoms with Crippen LogP contribution in [0.5, 0.6) is 0 Å². The zero-order chi connectivity index (χ0) is 15.5. The Hall–Kier alpha value is -2.51. The predicted molar refractivity (Wildman–Crippen MR) is 87.2 cm³/mol. The third kappa shape index (κ3) is 2.90. The van der Waals surface area contributed by atoms with Crippen molar-refractivity contribution in [3.63, 3.8) is 0 Å². The molecule has 2 heterocycles. The minimum absolute atomic E-state index is 0.356. The molecule has 116 valence electrons. The number of hydrogen-bond donors (Lipinski definition) is 4. The number of rotatable bonds is 4. The zero-order valence-electron chi connectivity index (χ0n) is 12.4. The molecule has 3 rings (SSSR count). The molecule has 22 heavy (non-hydrogen) atoms. The molecular formula is C15H20N6O. The van der Waals surface area contributed by atoms with Crippen LogP contribution in [0.2, 0.25) is 0 Å². The molecule has 1 unspecified atom stereocenters. The van der Waals surface area contributed by atoms with Gasteiger partial charge >= 0.3 is 0 Å². The molecule has 6 N–H and O–H groups in total. The fraction of sp³-hybridized carbons (Fsp3) is 0.267. The summed E-state index contributed by atoms with van der Waals surface area (Å²) in [7, 11) is 0. The molecule has 1 aromatic heterocycles. The van der Waals surface area contributed by atoms with E-state index in [9.17, 15) is 0 Å². The van der Waals surface area contributed by atoms with Crippen LogP contribution >= 0.6 is 0 Å². The number of nitrogens with zero attached hydrogens (tertiary/aromatic N) is 2. The summed E-state index contributed by atoms with van der Waals surface area (Å²) in [6, 6.07) is 8.07. The molecule has 0 fully saturated rings. The van der Waals surface area contributed by atoms with Crippen molar-refractivity contribution in [2.24, 2.45) is 10.9 Å². The third-order valence-corrected chi connectivity index (χ3v) is 3.62. The van der Waals surface area contributed by atoms with Gasteiger partial charge < -0.3 is 16.5 Å². The second-order valence-electron chi connectivity index (χ2n) is 5.23. The molecule has 1 atom stereocenters. The summed E-state index contributed by atoms with van der Waals surface area (Å²) in [5, 5.41) is 7.35. The van der Waals surface area contributed by atoms with Crippen molar-refractivity contribution in [3.05, 3.63) is 47.8 Å². The lowest BCUT2D eigenvalue weighted by Gasteiger charge is -2.23. The number of aliphatic imine (C=N–C) groups is 1. The van der Waals surface area contributed by atoms with E-state index >= 15 is 0 Å². The van der Waals surface area contributed by atoms with Crippen LogP contribution in [0.3, 0.4) is 0 Å². The molecule has 0 saturated heterocycles. The first kappa shape index (κ1) is 14.4. The number of nitrogen functional groups attached to an aromatic ring is 1. The van der Waals surface area contributed by atoms with E-state index in [1.807, 2.05) is 37.4 Å². The van der Waals surface area contributed by atoms with Gasteiger partial charge in [-0.3, -0.25) is 14.5 Å². The Morgan fingerprint density at radius 1 is 1.36 bits per heavy atom. The number of nitrogens with two attached hydrogens (primary N) is 2. The van der Waals surface area contributed by atoms with Gasteiger partial charge in [-0.05, 0) is 31.1 Å². The molecule has 0 spiro atoms. The summed E-state index contributed by atoms with van der Waals surface area (Å²) < 4.78 is 1.65. The Balaban J connectivity index is 1.70. The third-order valence-electron chi connectivity index (χ3n) is 3.62. The van der Waals surface area contributed by atoms with Gasteiger partial charge in [-0.25, -0.2) is 5.90 Å². The summed E-state index contributed by atoms with van der Waals surface area (Å²) >= 11 is 0. The van der Waals surface area contributed by atoms with Gasteiger partial charge in [0.05, 0.1) is 5.52 Å². The summed E-state index contributed by atoms with van der Waals surface area (Å²) in [5.41, 5.74) is 3.15. The minimum atomic E-state index is -0.356. The second-order valence-corrected chi connectivity index (χ2v) is 5.23. The van der Waals surface area contributed by atoms with Gasteiger partial charge in [-0.1, -0.05) is 18.2 Å². The monoisotopic (exact) mass is 300 g/mol. The molecular weight excluding hydrogens is 280 g/mol. The van der Waals surface area contributed by atoms with Gasteiger partial charge in [0, 0.05) is 23.8 Å². The molecule has 0 aliphatic carbocycles. The van der Waals surface area contributed by atoms with Crippen LogP contribution in [-0.2, 0) is 11.3 Å². The molecule has 0 amide bonds. The minimum Gasteiger partial charge on any atom is -0.339 e. The highest BCUT2D eigenvalue weighted by atomic mass is 16.6. The van der Waals surface area contributed by atoms with Crippen LogP contribution in [0, 0.1) is 0 Å². The Labute approximate surface area is 128 Å². The van der Waals surface area contributed by atoms with Crippen LogP contribution in [-0.4, -0.2) is 23.4 Å².